The van der Waals surface area contributed by atoms with Crippen molar-refractivity contribution in [3.8, 4) is 0 Å². The zero-order valence-corrected chi connectivity index (χ0v) is 40.0. The first-order chi connectivity index (χ1) is 28.1. The Balaban J connectivity index is 1.84. The molecule has 0 unspecified atom stereocenters. The van der Waals surface area contributed by atoms with Gasteiger partial charge in [0, 0.05) is 52.0 Å². The second kappa shape index (κ2) is 19.9. The predicted molar refractivity (Wildman–Crippen MR) is 229 cm³/mol. The van der Waals surface area contributed by atoms with Crippen molar-refractivity contribution < 1.29 is 53.2 Å². The standard InChI is InChI=1S/C43H76N8O11/c1-28(52)44-31-18-38(4,5)49(39(6,7)19-31)60-35(57)25-47(24-34(55)56)16-17-48(26-36(58)61-50-40(8,9)20-32(45-29(2)53)21-41(50,10)11)27-37(59)62-51-42(12,13)22-33(46-30(3)54)23-43(51,14)15/h31-33H,16-27H2,1-15H3,(H,44,52)(H,45,53)(H,46,54)(H,55,56). The van der Waals surface area contributed by atoms with E-state index in [2.05, 4.69) is 16.0 Å². The van der Waals surface area contributed by atoms with Gasteiger partial charge in [0.2, 0.25) is 17.7 Å². The van der Waals surface area contributed by atoms with Gasteiger partial charge in [0.25, 0.3) is 0 Å². The Morgan fingerprint density at radius 1 is 0.452 bits per heavy atom. The van der Waals surface area contributed by atoms with Gasteiger partial charge in [-0.05, 0) is 122 Å². The van der Waals surface area contributed by atoms with Crippen LogP contribution in [-0.2, 0) is 48.1 Å². The largest absolute Gasteiger partial charge is 0.480 e. The molecule has 0 aromatic rings. The van der Waals surface area contributed by atoms with Crippen molar-refractivity contribution in [1.29, 1.82) is 0 Å². The zero-order chi connectivity index (χ0) is 47.4. The molecule has 3 saturated heterocycles. The van der Waals surface area contributed by atoms with Crippen LogP contribution in [0, 0.1) is 0 Å². The fourth-order valence-corrected chi connectivity index (χ4v) is 10.5. The van der Waals surface area contributed by atoms with Gasteiger partial charge in [-0.3, -0.25) is 29.0 Å². The van der Waals surface area contributed by atoms with Crippen LogP contribution in [0.1, 0.15) is 142 Å². The van der Waals surface area contributed by atoms with Crippen LogP contribution >= 0.6 is 0 Å². The minimum atomic E-state index is -1.20. The molecule has 4 N–H and O–H groups in total. The van der Waals surface area contributed by atoms with Crippen molar-refractivity contribution in [1.82, 2.24) is 40.9 Å². The summed E-state index contributed by atoms with van der Waals surface area (Å²) in [6.45, 7) is 25.5. The predicted octanol–water partition coefficient (Wildman–Crippen LogP) is 2.52. The van der Waals surface area contributed by atoms with E-state index >= 15 is 0 Å². The lowest BCUT2D eigenvalue weighted by molar-refractivity contribution is -0.271. The molecule has 0 saturated carbocycles. The number of nitrogens with one attached hydrogen (secondary N) is 3. The first kappa shape index (κ1) is 52.4. The van der Waals surface area contributed by atoms with E-state index in [4.69, 9.17) is 14.5 Å². The van der Waals surface area contributed by atoms with Crippen molar-refractivity contribution in [2.45, 2.75) is 194 Å². The summed E-state index contributed by atoms with van der Waals surface area (Å²) in [6, 6.07) is -0.425. The number of carbonyl (C=O) groups excluding carboxylic acids is 6. The second-order valence-electron chi connectivity index (χ2n) is 21.4. The monoisotopic (exact) mass is 881 g/mol. The number of carbonyl (C=O) groups is 7. The summed E-state index contributed by atoms with van der Waals surface area (Å²) in [4.78, 5) is 110. The normalized spacial score (nSPS) is 22.7. The number of hydrogen-bond acceptors (Lipinski definition) is 15. The Morgan fingerprint density at radius 2 is 0.661 bits per heavy atom. The molecule has 0 spiro atoms. The Hall–Kier alpha value is -3.91. The molecular weight excluding hydrogens is 805 g/mol. The average molecular weight is 881 g/mol. The van der Waals surface area contributed by atoms with E-state index in [-0.39, 0.29) is 62.0 Å². The van der Waals surface area contributed by atoms with E-state index in [0.717, 1.165) is 0 Å². The van der Waals surface area contributed by atoms with E-state index in [1.165, 1.54) is 30.6 Å². The number of hydrogen-bond donors (Lipinski definition) is 4. The molecule has 19 heteroatoms. The summed E-state index contributed by atoms with van der Waals surface area (Å²) in [5, 5.41) is 23.7. The third kappa shape index (κ3) is 14.8. The van der Waals surface area contributed by atoms with E-state index in [0.29, 0.717) is 38.5 Å². The highest BCUT2D eigenvalue weighted by atomic mass is 16.7. The van der Waals surface area contributed by atoms with E-state index in [1.807, 2.05) is 83.1 Å². The Bertz CT molecular complexity index is 1550. The number of aliphatic carboxylic acids is 1. The molecule has 3 amide bonds. The topological polar surface area (TPSA) is 220 Å². The molecule has 3 heterocycles. The third-order valence-corrected chi connectivity index (χ3v) is 11.7. The highest BCUT2D eigenvalue weighted by Crippen LogP contribution is 2.41. The molecular formula is C43H76N8O11. The maximum absolute atomic E-state index is 13.9. The summed E-state index contributed by atoms with van der Waals surface area (Å²) in [6.07, 6.45) is 3.03. The quantitative estimate of drug-likeness (QED) is 0.165. The first-order valence-electron chi connectivity index (χ1n) is 21.7. The Kier molecular flexibility index (Phi) is 16.8. The highest BCUT2D eigenvalue weighted by molar-refractivity contribution is 5.76. The maximum atomic E-state index is 13.9. The summed E-state index contributed by atoms with van der Waals surface area (Å²) in [5.41, 5.74) is -4.09. The zero-order valence-electron chi connectivity index (χ0n) is 40.0. The molecule has 3 rings (SSSR count). The molecule has 0 atom stereocenters. The van der Waals surface area contributed by atoms with Crippen molar-refractivity contribution in [2.75, 3.05) is 39.3 Å². The van der Waals surface area contributed by atoms with Crippen molar-refractivity contribution in [3.63, 3.8) is 0 Å². The number of hydroxylamine groups is 6. The molecule has 0 aromatic carbocycles. The Labute approximate surface area is 368 Å². The van der Waals surface area contributed by atoms with E-state index in [1.54, 1.807) is 15.2 Å². The van der Waals surface area contributed by atoms with Crippen molar-refractivity contribution in [3.05, 3.63) is 0 Å². The van der Waals surface area contributed by atoms with Crippen LogP contribution in [0.15, 0.2) is 0 Å². The van der Waals surface area contributed by atoms with Crippen molar-refractivity contribution in [2.24, 2.45) is 0 Å². The molecule has 0 radical (unpaired) electrons. The van der Waals surface area contributed by atoms with Gasteiger partial charge in [-0.2, -0.15) is 0 Å². The third-order valence-electron chi connectivity index (χ3n) is 11.7. The summed E-state index contributed by atoms with van der Waals surface area (Å²) < 4.78 is 0. The molecule has 354 valence electrons. The molecule has 0 bridgehead atoms. The average Bonchev–Trinajstić information content (AvgIpc) is 3.02. The van der Waals surface area contributed by atoms with Gasteiger partial charge in [0.05, 0.1) is 59.4 Å². The van der Waals surface area contributed by atoms with Gasteiger partial charge in [0.15, 0.2) is 0 Å². The lowest BCUT2D eigenvalue weighted by atomic mass is 9.79. The lowest BCUT2D eigenvalue weighted by Crippen LogP contribution is -2.65. The molecule has 3 aliphatic heterocycles. The summed E-state index contributed by atoms with van der Waals surface area (Å²) >= 11 is 0. The maximum Gasteiger partial charge on any atom is 0.339 e. The minimum absolute atomic E-state index is 0.0430. The fraction of sp³-hybridized carbons (Fsp3) is 0.837. The van der Waals surface area contributed by atoms with Crippen molar-refractivity contribution >= 4 is 41.6 Å². The molecule has 3 aliphatic rings. The van der Waals surface area contributed by atoms with Gasteiger partial charge < -0.3 is 35.6 Å². The number of carboxylic acid groups (broad SMARTS) is 1. The van der Waals surface area contributed by atoms with Gasteiger partial charge in [0.1, 0.15) is 0 Å². The Morgan fingerprint density at radius 3 is 0.855 bits per heavy atom. The molecule has 0 aromatic heterocycles. The summed E-state index contributed by atoms with van der Waals surface area (Å²) in [7, 11) is 0. The van der Waals surface area contributed by atoms with Gasteiger partial charge in [-0.25, -0.2) is 14.4 Å². The smallest absolute Gasteiger partial charge is 0.339 e. The number of piperidine rings is 3. The number of nitrogens with zero attached hydrogens (tertiary/aromatic N) is 5. The highest BCUT2D eigenvalue weighted by Gasteiger charge is 2.51. The van der Waals surface area contributed by atoms with Gasteiger partial charge in [-0.1, -0.05) is 0 Å². The molecule has 19 nitrogen and oxygen atoms in total. The van der Waals surface area contributed by atoms with Crippen LogP contribution in [0.4, 0.5) is 0 Å². The molecule has 3 fully saturated rings. The van der Waals surface area contributed by atoms with E-state index in [9.17, 15) is 38.7 Å². The molecule has 0 aliphatic carbocycles. The van der Waals surface area contributed by atoms with Crippen LogP contribution in [-0.4, -0.2) is 162 Å². The van der Waals surface area contributed by atoms with Gasteiger partial charge >= 0.3 is 23.9 Å². The van der Waals surface area contributed by atoms with Crippen LogP contribution in [0.25, 0.3) is 0 Å². The van der Waals surface area contributed by atoms with E-state index < -0.39 is 70.2 Å². The number of carboxylic acids is 1. The molecule has 62 heavy (non-hydrogen) atoms. The SMILES string of the molecule is CC(=O)NC1CC(C)(C)N(OC(=O)CN(CCN(CC(=O)ON2C(C)(C)CC(NC(C)=O)CC2(C)C)CC(=O)ON2C(C)(C)CC(NC(C)=O)CC2(C)C)CC(=O)O)C(C)(C)C1. The first-order valence-corrected chi connectivity index (χ1v) is 21.7. The fourth-order valence-electron chi connectivity index (χ4n) is 10.5. The summed E-state index contributed by atoms with van der Waals surface area (Å²) in [5.74, 6) is -3.71. The number of rotatable bonds is 17. The number of amides is 3. The van der Waals surface area contributed by atoms with Crippen LogP contribution < -0.4 is 16.0 Å². The minimum Gasteiger partial charge on any atom is -0.480 e. The van der Waals surface area contributed by atoms with Crippen LogP contribution in [0.3, 0.4) is 0 Å². The lowest BCUT2D eigenvalue weighted by Gasteiger charge is -2.53. The van der Waals surface area contributed by atoms with Crippen LogP contribution in [0.5, 0.6) is 0 Å². The van der Waals surface area contributed by atoms with Gasteiger partial charge in [-0.15, -0.1) is 15.2 Å². The van der Waals surface area contributed by atoms with Crippen LogP contribution in [0.2, 0.25) is 0 Å². The second-order valence-corrected chi connectivity index (χ2v) is 21.4.